The average Bonchev–Trinajstić information content (AvgIpc) is 2.35. The Morgan fingerprint density at radius 1 is 1.09 bits per heavy atom. The topological polar surface area (TPSA) is 66.4 Å². The van der Waals surface area contributed by atoms with Crippen LogP contribution in [0.3, 0.4) is 0 Å². The van der Waals surface area contributed by atoms with Gasteiger partial charge >= 0.3 is 0 Å². The lowest BCUT2D eigenvalue weighted by Gasteiger charge is -2.26. The van der Waals surface area contributed by atoms with Crippen LogP contribution in [0.25, 0.3) is 0 Å². The lowest BCUT2D eigenvalue weighted by atomic mass is 9.87. The summed E-state index contributed by atoms with van der Waals surface area (Å²) in [6.45, 7) is 13.5. The zero-order valence-corrected chi connectivity index (χ0v) is 15.6. The van der Waals surface area contributed by atoms with Crippen LogP contribution in [0, 0.1) is 33.1 Å². The van der Waals surface area contributed by atoms with Crippen molar-refractivity contribution in [2.45, 2.75) is 65.9 Å². The van der Waals surface area contributed by atoms with Crippen molar-refractivity contribution in [3.63, 3.8) is 0 Å². The fraction of sp³-hybridized carbons (Fsp3) is 0.647. The van der Waals surface area contributed by atoms with E-state index in [1.54, 1.807) is 0 Å². The maximum absolute atomic E-state index is 12.6. The molecule has 1 aromatic rings. The maximum Gasteiger partial charge on any atom is 0.241 e. The predicted octanol–water partition coefficient (Wildman–Crippen LogP) is 3.00. The third-order valence-corrected chi connectivity index (χ3v) is 6.01. The molecule has 0 heterocycles. The van der Waals surface area contributed by atoms with E-state index in [9.17, 15) is 13.5 Å². The fourth-order valence-electron chi connectivity index (χ4n) is 2.42. The van der Waals surface area contributed by atoms with Crippen LogP contribution in [-0.4, -0.2) is 26.2 Å². The van der Waals surface area contributed by atoms with Crippen molar-refractivity contribution in [1.82, 2.24) is 4.72 Å². The van der Waals surface area contributed by atoms with Crippen LogP contribution in [0.15, 0.2) is 11.0 Å². The number of aryl methyl sites for hydroxylation is 2. The van der Waals surface area contributed by atoms with Gasteiger partial charge in [-0.3, -0.25) is 0 Å². The molecule has 4 nitrogen and oxygen atoms in total. The molecule has 1 unspecified atom stereocenters. The molecule has 1 rings (SSSR count). The number of hydrogen-bond acceptors (Lipinski definition) is 3. The van der Waals surface area contributed by atoms with E-state index in [-0.39, 0.29) is 12.0 Å². The quantitative estimate of drug-likeness (QED) is 0.873. The molecule has 0 saturated carbocycles. The number of hydrogen-bond donors (Lipinski definition) is 2. The number of nitrogens with one attached hydrogen (secondary N) is 1. The second-order valence-electron chi connectivity index (χ2n) is 7.16. The molecule has 0 aromatic heterocycles. The minimum absolute atomic E-state index is 0.229. The van der Waals surface area contributed by atoms with Gasteiger partial charge in [0.15, 0.2) is 0 Å². The van der Waals surface area contributed by atoms with Crippen molar-refractivity contribution < 1.29 is 13.5 Å². The van der Waals surface area contributed by atoms with E-state index in [1.807, 2.05) is 54.5 Å². The molecule has 1 atom stereocenters. The molecule has 126 valence electrons. The monoisotopic (exact) mass is 327 g/mol. The minimum atomic E-state index is -3.57. The Morgan fingerprint density at radius 3 is 1.95 bits per heavy atom. The Morgan fingerprint density at radius 2 is 1.55 bits per heavy atom. The Bertz CT molecular complexity index is 617. The summed E-state index contributed by atoms with van der Waals surface area (Å²) >= 11 is 0. The van der Waals surface area contributed by atoms with Crippen molar-refractivity contribution in [3.8, 4) is 0 Å². The molecule has 1 aromatic carbocycles. The normalized spacial score (nSPS) is 14.2. The number of rotatable bonds is 5. The van der Waals surface area contributed by atoms with Crippen LogP contribution in [-0.2, 0) is 10.0 Å². The average molecular weight is 327 g/mol. The van der Waals surface area contributed by atoms with E-state index in [0.29, 0.717) is 11.3 Å². The first-order chi connectivity index (χ1) is 9.88. The van der Waals surface area contributed by atoms with Gasteiger partial charge in [-0.25, -0.2) is 13.1 Å². The van der Waals surface area contributed by atoms with E-state index < -0.39 is 16.1 Å². The summed E-state index contributed by atoms with van der Waals surface area (Å²) in [6, 6.07) is 2.01. The third kappa shape index (κ3) is 4.31. The number of aliphatic hydroxyl groups is 1. The summed E-state index contributed by atoms with van der Waals surface area (Å²) < 4.78 is 27.9. The van der Waals surface area contributed by atoms with Gasteiger partial charge in [0.25, 0.3) is 0 Å². The lowest BCUT2D eigenvalue weighted by Crippen LogP contribution is -2.33. The molecule has 0 spiro atoms. The summed E-state index contributed by atoms with van der Waals surface area (Å²) in [6.07, 6.45) is -0.150. The van der Waals surface area contributed by atoms with Crippen molar-refractivity contribution in [2.24, 2.45) is 5.41 Å². The number of aliphatic hydroxyl groups excluding tert-OH is 1. The highest BCUT2D eigenvalue weighted by atomic mass is 32.2. The second kappa shape index (κ2) is 6.69. The van der Waals surface area contributed by atoms with E-state index in [1.165, 1.54) is 0 Å². The number of benzene rings is 1. The molecule has 0 fully saturated rings. The third-order valence-electron chi connectivity index (χ3n) is 4.28. The van der Waals surface area contributed by atoms with Gasteiger partial charge < -0.3 is 5.11 Å². The van der Waals surface area contributed by atoms with Crippen LogP contribution in [0.4, 0.5) is 0 Å². The van der Waals surface area contributed by atoms with Crippen LogP contribution in [0.2, 0.25) is 0 Å². The van der Waals surface area contributed by atoms with E-state index in [0.717, 1.165) is 22.3 Å². The van der Waals surface area contributed by atoms with Crippen molar-refractivity contribution in [1.29, 1.82) is 0 Å². The Kier molecular flexibility index (Phi) is 5.82. The first kappa shape index (κ1) is 19.1. The molecular formula is C17H29NO3S. The van der Waals surface area contributed by atoms with Gasteiger partial charge in [0.05, 0.1) is 11.0 Å². The summed E-state index contributed by atoms with van der Waals surface area (Å²) in [5, 5.41) is 10.0. The lowest BCUT2D eigenvalue weighted by molar-refractivity contribution is 0.0571. The standard InChI is InChI=1S/C17H29NO3S/c1-11-10-12(2)14(4)16(13(11)3)22(20,21)18-9-8-15(19)17(5,6)7/h10,15,18-19H,8-9H2,1-7H3. The van der Waals surface area contributed by atoms with Gasteiger partial charge in [0, 0.05) is 6.54 Å². The minimum Gasteiger partial charge on any atom is -0.393 e. The largest absolute Gasteiger partial charge is 0.393 e. The molecular weight excluding hydrogens is 298 g/mol. The zero-order chi connectivity index (χ0) is 17.3. The first-order valence-corrected chi connectivity index (χ1v) is 9.11. The molecule has 0 saturated heterocycles. The van der Waals surface area contributed by atoms with E-state index in [4.69, 9.17) is 0 Å². The van der Waals surface area contributed by atoms with Gasteiger partial charge in [0.1, 0.15) is 0 Å². The van der Waals surface area contributed by atoms with Gasteiger partial charge in [-0.1, -0.05) is 26.8 Å². The first-order valence-electron chi connectivity index (χ1n) is 7.63. The number of sulfonamides is 1. The zero-order valence-electron chi connectivity index (χ0n) is 14.7. The molecule has 22 heavy (non-hydrogen) atoms. The smallest absolute Gasteiger partial charge is 0.241 e. The Hall–Kier alpha value is -0.910. The summed E-state index contributed by atoms with van der Waals surface area (Å²) in [7, 11) is -3.57. The second-order valence-corrected chi connectivity index (χ2v) is 8.86. The summed E-state index contributed by atoms with van der Waals surface area (Å²) in [4.78, 5) is 0.371. The maximum atomic E-state index is 12.6. The highest BCUT2D eigenvalue weighted by Gasteiger charge is 2.24. The molecule has 0 amide bonds. The van der Waals surface area contributed by atoms with Crippen LogP contribution < -0.4 is 4.72 Å². The Labute approximate surface area is 135 Å². The molecule has 0 aliphatic carbocycles. The molecule has 0 radical (unpaired) electrons. The van der Waals surface area contributed by atoms with Gasteiger partial charge in [-0.05, 0) is 61.8 Å². The van der Waals surface area contributed by atoms with Crippen molar-refractivity contribution in [2.75, 3.05) is 6.54 Å². The Balaban J connectivity index is 2.98. The predicted molar refractivity (Wildman–Crippen MR) is 90.7 cm³/mol. The van der Waals surface area contributed by atoms with Crippen LogP contribution in [0.1, 0.15) is 49.4 Å². The summed E-state index contributed by atoms with van der Waals surface area (Å²) in [5.74, 6) is 0. The van der Waals surface area contributed by atoms with Gasteiger partial charge in [-0.15, -0.1) is 0 Å². The molecule has 2 N–H and O–H groups in total. The highest BCUT2D eigenvalue weighted by molar-refractivity contribution is 7.89. The van der Waals surface area contributed by atoms with Crippen molar-refractivity contribution in [3.05, 3.63) is 28.3 Å². The fourth-order valence-corrected chi connectivity index (χ4v) is 4.08. The van der Waals surface area contributed by atoms with Crippen molar-refractivity contribution >= 4 is 10.0 Å². The molecule has 0 aliphatic heterocycles. The molecule has 5 heteroatoms. The highest BCUT2D eigenvalue weighted by Crippen LogP contribution is 2.26. The SMILES string of the molecule is Cc1cc(C)c(C)c(S(=O)(=O)NCCC(O)C(C)(C)C)c1C. The molecule has 0 aliphatic rings. The van der Waals surface area contributed by atoms with Crippen LogP contribution in [0.5, 0.6) is 0 Å². The van der Waals surface area contributed by atoms with Gasteiger partial charge in [0.2, 0.25) is 10.0 Å². The van der Waals surface area contributed by atoms with Gasteiger partial charge in [-0.2, -0.15) is 0 Å². The van der Waals surface area contributed by atoms with Crippen LogP contribution >= 0.6 is 0 Å². The van der Waals surface area contributed by atoms with E-state index >= 15 is 0 Å². The van der Waals surface area contributed by atoms with E-state index in [2.05, 4.69) is 4.72 Å². The summed E-state index contributed by atoms with van der Waals surface area (Å²) in [5.41, 5.74) is 3.26. The molecule has 0 bridgehead atoms.